The van der Waals surface area contributed by atoms with Gasteiger partial charge >= 0.3 is 18.0 Å². The highest BCUT2D eigenvalue weighted by Crippen LogP contribution is 2.32. The van der Waals surface area contributed by atoms with Gasteiger partial charge in [0.1, 0.15) is 18.1 Å². The van der Waals surface area contributed by atoms with E-state index in [1.165, 1.54) is 14.2 Å². The number of aliphatic hydroxyl groups excluding tert-OH is 1. The summed E-state index contributed by atoms with van der Waals surface area (Å²) in [5.74, 6) is -1.76. The fourth-order valence-corrected chi connectivity index (χ4v) is 2.65. The maximum absolute atomic E-state index is 13.0. The van der Waals surface area contributed by atoms with Crippen LogP contribution in [0.3, 0.4) is 0 Å². The molecule has 0 aliphatic heterocycles. The molecule has 152 valence electrons. The Hall–Kier alpha value is -2.78. The number of methoxy groups -OCH3 is 2. The van der Waals surface area contributed by atoms with Crippen molar-refractivity contribution in [3.63, 3.8) is 0 Å². The molecule has 0 aliphatic rings. The van der Waals surface area contributed by atoms with Crippen LogP contribution >= 0.6 is 0 Å². The van der Waals surface area contributed by atoms with E-state index in [-0.39, 0.29) is 31.1 Å². The van der Waals surface area contributed by atoms with Crippen LogP contribution in [-0.4, -0.2) is 59.1 Å². The van der Waals surface area contributed by atoms with Crippen LogP contribution in [0.15, 0.2) is 30.3 Å². The summed E-state index contributed by atoms with van der Waals surface area (Å²) in [7, 11) is 2.77. The Balaban J connectivity index is 2.40. The van der Waals surface area contributed by atoms with Crippen molar-refractivity contribution in [2.45, 2.75) is 32.0 Å². The zero-order valence-corrected chi connectivity index (χ0v) is 16.4. The zero-order valence-electron chi connectivity index (χ0n) is 16.4. The summed E-state index contributed by atoms with van der Waals surface area (Å²) in [4.78, 5) is 25.3. The molecule has 9 heteroatoms. The molecule has 0 radical (unpaired) electrons. The first-order chi connectivity index (χ1) is 13.5. The van der Waals surface area contributed by atoms with Crippen molar-refractivity contribution in [2.75, 3.05) is 27.4 Å². The second kappa shape index (κ2) is 9.95. The number of aromatic nitrogens is 3. The molecule has 0 saturated heterocycles. The van der Waals surface area contributed by atoms with Gasteiger partial charge in [0, 0.05) is 6.61 Å². The van der Waals surface area contributed by atoms with E-state index in [2.05, 4.69) is 15.0 Å². The third kappa shape index (κ3) is 5.14. The summed E-state index contributed by atoms with van der Waals surface area (Å²) in [6, 6.07) is 9.19. The summed E-state index contributed by atoms with van der Waals surface area (Å²) in [6.45, 7) is 3.22. The highest BCUT2D eigenvalue weighted by molar-refractivity contribution is 5.78. The summed E-state index contributed by atoms with van der Waals surface area (Å²) < 4.78 is 21.3. The number of carbonyl (C=O) groups excluding carboxylic acids is 1. The van der Waals surface area contributed by atoms with Crippen LogP contribution in [0, 0.1) is 0 Å². The van der Waals surface area contributed by atoms with Crippen LogP contribution < -0.4 is 9.47 Å². The van der Waals surface area contributed by atoms with Crippen LogP contribution in [0.4, 0.5) is 0 Å². The Kier molecular flexibility index (Phi) is 7.65. The van der Waals surface area contributed by atoms with Gasteiger partial charge in [0.15, 0.2) is 5.82 Å². The number of hydrogen-bond acceptors (Lipinski definition) is 9. The number of esters is 1. The number of rotatable bonds is 10. The number of carbonyl (C=O) groups is 1. The maximum atomic E-state index is 13.0. The first-order valence-corrected chi connectivity index (χ1v) is 8.76. The van der Waals surface area contributed by atoms with E-state index in [9.17, 15) is 9.90 Å². The lowest BCUT2D eigenvalue weighted by molar-refractivity contribution is -0.160. The molecule has 2 aromatic rings. The molecule has 1 heterocycles. The van der Waals surface area contributed by atoms with Gasteiger partial charge < -0.3 is 24.1 Å². The topological polar surface area (TPSA) is 113 Å². The number of nitrogens with zero attached hydrogens (tertiary/aromatic N) is 3. The Morgan fingerprint density at radius 2 is 1.71 bits per heavy atom. The fourth-order valence-electron chi connectivity index (χ4n) is 2.65. The van der Waals surface area contributed by atoms with Crippen molar-refractivity contribution in [1.82, 2.24) is 15.0 Å². The largest absolute Gasteiger partial charge is 0.467 e. The van der Waals surface area contributed by atoms with Crippen molar-refractivity contribution in [2.24, 2.45) is 0 Å². The van der Waals surface area contributed by atoms with Crippen LogP contribution in [-0.2, 0) is 20.9 Å². The second-order valence-electron chi connectivity index (χ2n) is 6.10. The number of hydrogen-bond donors (Lipinski definition) is 1. The van der Waals surface area contributed by atoms with Crippen molar-refractivity contribution in [1.29, 1.82) is 0 Å². The van der Waals surface area contributed by atoms with Crippen molar-refractivity contribution >= 4 is 5.97 Å². The summed E-state index contributed by atoms with van der Waals surface area (Å²) in [6.07, 6.45) is 0. The predicted octanol–water partition coefficient (Wildman–Crippen LogP) is 1.50. The SMILES string of the molecule is CCOC(C)(CO)C(C(=O)OCc1ccccc1)c1nc(OC)nc(OC)n1. The van der Waals surface area contributed by atoms with Crippen molar-refractivity contribution in [3.05, 3.63) is 41.7 Å². The molecule has 0 amide bonds. The first-order valence-electron chi connectivity index (χ1n) is 8.76. The lowest BCUT2D eigenvalue weighted by Gasteiger charge is -2.33. The molecule has 0 fully saturated rings. The van der Waals surface area contributed by atoms with Gasteiger partial charge in [-0.15, -0.1) is 4.98 Å². The summed E-state index contributed by atoms with van der Waals surface area (Å²) in [5.41, 5.74) is -0.498. The van der Waals surface area contributed by atoms with E-state index in [1.54, 1.807) is 13.8 Å². The van der Waals surface area contributed by atoms with Gasteiger partial charge in [-0.05, 0) is 19.4 Å². The summed E-state index contributed by atoms with van der Waals surface area (Å²) in [5, 5.41) is 9.97. The molecule has 1 aromatic heterocycles. The smallest absolute Gasteiger partial charge is 0.322 e. The van der Waals surface area contributed by atoms with Gasteiger partial charge in [-0.2, -0.15) is 9.97 Å². The first kappa shape index (κ1) is 21.5. The Morgan fingerprint density at radius 1 is 1.11 bits per heavy atom. The van der Waals surface area contributed by atoms with E-state index in [0.717, 1.165) is 5.56 Å². The highest BCUT2D eigenvalue weighted by atomic mass is 16.5. The van der Waals surface area contributed by atoms with Crippen molar-refractivity contribution in [3.8, 4) is 12.0 Å². The highest BCUT2D eigenvalue weighted by Gasteiger charge is 2.45. The number of aliphatic hydroxyl groups is 1. The quantitative estimate of drug-likeness (QED) is 0.602. The molecule has 1 N–H and O–H groups in total. The molecule has 2 atom stereocenters. The standard InChI is InChI=1S/C19H25N3O6/c1-5-28-19(2,12-23)14(15-20-17(25-3)22-18(21-15)26-4)16(24)27-11-13-9-7-6-8-10-13/h6-10,14,23H,5,11-12H2,1-4H3. The molecule has 0 spiro atoms. The minimum Gasteiger partial charge on any atom is -0.467 e. The molecular weight excluding hydrogens is 366 g/mol. The van der Waals surface area contributed by atoms with Gasteiger partial charge in [0.25, 0.3) is 0 Å². The monoisotopic (exact) mass is 391 g/mol. The molecule has 1 aromatic carbocycles. The lowest BCUT2D eigenvalue weighted by Crippen LogP contribution is -2.45. The van der Waals surface area contributed by atoms with Crippen LogP contribution in [0.5, 0.6) is 12.0 Å². The Labute approximate surface area is 163 Å². The fraction of sp³-hybridized carbons (Fsp3) is 0.474. The second-order valence-corrected chi connectivity index (χ2v) is 6.10. The average molecular weight is 391 g/mol. The van der Waals surface area contributed by atoms with Gasteiger partial charge in [-0.3, -0.25) is 4.79 Å². The van der Waals surface area contributed by atoms with Crippen LogP contribution in [0.1, 0.15) is 31.2 Å². The normalized spacial score (nSPS) is 14.0. The van der Waals surface area contributed by atoms with Gasteiger partial charge in [0.05, 0.1) is 20.8 Å². The van der Waals surface area contributed by atoms with Gasteiger partial charge in [-0.25, -0.2) is 0 Å². The molecule has 0 saturated carbocycles. The van der Waals surface area contributed by atoms with E-state index < -0.39 is 24.1 Å². The predicted molar refractivity (Wildman–Crippen MR) is 99.0 cm³/mol. The van der Waals surface area contributed by atoms with Crippen LogP contribution in [0.25, 0.3) is 0 Å². The molecule has 2 rings (SSSR count). The van der Waals surface area contributed by atoms with E-state index in [0.29, 0.717) is 0 Å². The van der Waals surface area contributed by atoms with Gasteiger partial charge in [-0.1, -0.05) is 30.3 Å². The van der Waals surface area contributed by atoms with E-state index in [4.69, 9.17) is 18.9 Å². The summed E-state index contributed by atoms with van der Waals surface area (Å²) >= 11 is 0. The average Bonchev–Trinajstić information content (AvgIpc) is 2.73. The third-order valence-electron chi connectivity index (χ3n) is 4.09. The van der Waals surface area contributed by atoms with Crippen LogP contribution in [0.2, 0.25) is 0 Å². The molecule has 0 aliphatic carbocycles. The Morgan fingerprint density at radius 3 is 2.21 bits per heavy atom. The molecule has 0 bridgehead atoms. The number of ether oxygens (including phenoxy) is 4. The lowest BCUT2D eigenvalue weighted by atomic mass is 9.88. The molecule has 2 unspecified atom stereocenters. The maximum Gasteiger partial charge on any atom is 0.322 e. The molecular formula is C19H25N3O6. The van der Waals surface area contributed by atoms with Crippen molar-refractivity contribution < 1.29 is 28.8 Å². The minimum atomic E-state index is -1.32. The minimum absolute atomic E-state index is 0.0201. The third-order valence-corrected chi connectivity index (χ3v) is 4.09. The van der Waals surface area contributed by atoms with Gasteiger partial charge in [0.2, 0.25) is 0 Å². The zero-order chi connectivity index (χ0) is 20.6. The number of benzene rings is 1. The Bertz CT molecular complexity index is 751. The molecule has 9 nitrogen and oxygen atoms in total. The molecule has 28 heavy (non-hydrogen) atoms. The van der Waals surface area contributed by atoms with E-state index in [1.807, 2.05) is 30.3 Å². The van der Waals surface area contributed by atoms with E-state index >= 15 is 0 Å².